The summed E-state index contributed by atoms with van der Waals surface area (Å²) >= 11 is 0. The third kappa shape index (κ3) is 3.29. The van der Waals surface area contributed by atoms with Crippen LogP contribution >= 0.6 is 0 Å². The van der Waals surface area contributed by atoms with Crippen LogP contribution in [0.1, 0.15) is 55.6 Å². The van der Waals surface area contributed by atoms with Gasteiger partial charge in [-0.05, 0) is 31.0 Å². The monoisotopic (exact) mass is 289 g/mol. The second kappa shape index (κ2) is 6.35. The van der Waals surface area contributed by atoms with Crippen LogP contribution in [0.15, 0.2) is 30.6 Å². The Hall–Kier alpha value is -1.75. The summed E-state index contributed by atoms with van der Waals surface area (Å²) in [5.74, 6) is -0.475. The van der Waals surface area contributed by atoms with Gasteiger partial charge in [0.15, 0.2) is 0 Å². The molecule has 0 saturated heterocycles. The van der Waals surface area contributed by atoms with Crippen molar-refractivity contribution in [3.05, 3.63) is 47.8 Å². The minimum Gasteiger partial charge on any atom is -0.386 e. The lowest BCUT2D eigenvalue weighted by atomic mass is 9.96. The smallest absolute Gasteiger partial charge is 0.147 e. The predicted octanol–water partition coefficient (Wildman–Crippen LogP) is 3.20. The molecule has 0 spiro atoms. The zero-order valence-corrected chi connectivity index (χ0v) is 12.0. The minimum atomic E-state index is -0.957. The molecule has 4 nitrogen and oxygen atoms in total. The van der Waals surface area contributed by atoms with Gasteiger partial charge in [0, 0.05) is 18.8 Å². The molecule has 1 unspecified atom stereocenters. The van der Waals surface area contributed by atoms with E-state index in [9.17, 15) is 9.50 Å². The molecule has 0 amide bonds. The lowest BCUT2D eigenvalue weighted by molar-refractivity contribution is 0.166. The lowest BCUT2D eigenvalue weighted by Gasteiger charge is -2.21. The highest BCUT2D eigenvalue weighted by atomic mass is 19.1. The van der Waals surface area contributed by atoms with E-state index in [4.69, 9.17) is 0 Å². The van der Waals surface area contributed by atoms with Crippen molar-refractivity contribution in [2.45, 2.75) is 50.7 Å². The highest BCUT2D eigenvalue weighted by Gasteiger charge is 2.19. The van der Waals surface area contributed by atoms with Crippen molar-refractivity contribution in [3.63, 3.8) is 0 Å². The highest BCUT2D eigenvalue weighted by Crippen LogP contribution is 2.28. The van der Waals surface area contributed by atoms with Crippen molar-refractivity contribution in [3.8, 4) is 0 Å². The molecule has 112 valence electrons. The Bertz CT molecular complexity index is 593. The molecule has 21 heavy (non-hydrogen) atoms. The van der Waals surface area contributed by atoms with Crippen LogP contribution in [0.3, 0.4) is 0 Å². The molecule has 0 aromatic carbocycles. The van der Waals surface area contributed by atoms with Crippen molar-refractivity contribution < 1.29 is 9.50 Å². The number of halogens is 1. The summed E-state index contributed by atoms with van der Waals surface area (Å²) in [5, 5.41) is 14.7. The molecule has 2 heterocycles. The number of aromatic nitrogens is 3. The summed E-state index contributed by atoms with van der Waals surface area (Å²) in [6.07, 6.45) is 8.92. The first-order chi connectivity index (χ1) is 10.2. The van der Waals surface area contributed by atoms with Crippen LogP contribution < -0.4 is 0 Å². The van der Waals surface area contributed by atoms with Crippen molar-refractivity contribution >= 4 is 0 Å². The second-order valence-corrected chi connectivity index (χ2v) is 5.67. The number of aliphatic hydroxyl groups is 1. The third-order valence-corrected chi connectivity index (χ3v) is 4.12. The fraction of sp³-hybridized carbons (Fsp3) is 0.500. The zero-order valence-electron chi connectivity index (χ0n) is 12.0. The maximum atomic E-state index is 13.6. The average Bonchev–Trinajstić information content (AvgIpc) is 2.97. The quantitative estimate of drug-likeness (QED) is 0.940. The van der Waals surface area contributed by atoms with E-state index in [2.05, 4.69) is 10.1 Å². The summed E-state index contributed by atoms with van der Waals surface area (Å²) in [6, 6.07) is 5.20. The molecule has 2 aromatic heterocycles. The van der Waals surface area contributed by atoms with E-state index in [0.717, 1.165) is 5.69 Å². The van der Waals surface area contributed by atoms with Gasteiger partial charge in [0.1, 0.15) is 17.6 Å². The van der Waals surface area contributed by atoms with Gasteiger partial charge in [-0.3, -0.25) is 9.67 Å². The maximum absolute atomic E-state index is 13.6. The number of hydrogen-bond acceptors (Lipinski definition) is 3. The Morgan fingerprint density at radius 1 is 1.29 bits per heavy atom. The van der Waals surface area contributed by atoms with Gasteiger partial charge in [0.25, 0.3) is 0 Å². The van der Waals surface area contributed by atoms with Crippen LogP contribution in [0.4, 0.5) is 4.39 Å². The molecule has 0 aliphatic heterocycles. The Labute approximate surface area is 123 Å². The Kier molecular flexibility index (Phi) is 4.29. The Balaban J connectivity index is 1.68. The van der Waals surface area contributed by atoms with Crippen LogP contribution in [-0.2, 0) is 6.42 Å². The van der Waals surface area contributed by atoms with Gasteiger partial charge in [-0.1, -0.05) is 19.3 Å². The van der Waals surface area contributed by atoms with E-state index in [1.54, 1.807) is 0 Å². The van der Waals surface area contributed by atoms with E-state index in [-0.39, 0.29) is 12.1 Å². The fourth-order valence-electron chi connectivity index (χ4n) is 2.97. The molecule has 1 N–H and O–H groups in total. The molecule has 0 radical (unpaired) electrons. The number of aliphatic hydroxyl groups excluding tert-OH is 1. The van der Waals surface area contributed by atoms with E-state index in [1.165, 1.54) is 50.4 Å². The summed E-state index contributed by atoms with van der Waals surface area (Å²) in [7, 11) is 0. The molecule has 1 fully saturated rings. The number of rotatable bonds is 4. The summed E-state index contributed by atoms with van der Waals surface area (Å²) in [6.45, 7) is 0. The minimum absolute atomic E-state index is 0.0877. The number of nitrogens with zero attached hydrogens (tertiary/aromatic N) is 3. The molecule has 1 aliphatic rings. The normalized spacial score (nSPS) is 17.8. The number of pyridine rings is 1. The number of hydrogen-bond donors (Lipinski definition) is 1. The lowest BCUT2D eigenvalue weighted by Crippen LogP contribution is -2.14. The van der Waals surface area contributed by atoms with Gasteiger partial charge in [-0.15, -0.1) is 0 Å². The van der Waals surface area contributed by atoms with Crippen molar-refractivity contribution in [1.82, 2.24) is 14.8 Å². The Morgan fingerprint density at radius 3 is 2.86 bits per heavy atom. The fourth-order valence-corrected chi connectivity index (χ4v) is 2.97. The molecular formula is C16H20FN3O. The summed E-state index contributed by atoms with van der Waals surface area (Å²) in [4.78, 5) is 3.91. The molecular weight excluding hydrogens is 269 g/mol. The highest BCUT2D eigenvalue weighted by molar-refractivity contribution is 5.13. The van der Waals surface area contributed by atoms with E-state index in [0.29, 0.717) is 6.04 Å². The third-order valence-electron chi connectivity index (χ3n) is 4.12. The first kappa shape index (κ1) is 14.2. The maximum Gasteiger partial charge on any atom is 0.147 e. The summed E-state index contributed by atoms with van der Waals surface area (Å²) in [5.41, 5.74) is 0.864. The second-order valence-electron chi connectivity index (χ2n) is 5.67. The van der Waals surface area contributed by atoms with E-state index in [1.807, 2.05) is 16.9 Å². The summed E-state index contributed by atoms with van der Waals surface area (Å²) < 4.78 is 15.6. The predicted molar refractivity (Wildman–Crippen MR) is 77.2 cm³/mol. The van der Waals surface area contributed by atoms with Gasteiger partial charge in [0.2, 0.25) is 0 Å². The van der Waals surface area contributed by atoms with Crippen LogP contribution in [0.25, 0.3) is 0 Å². The topological polar surface area (TPSA) is 50.9 Å². The molecule has 1 saturated carbocycles. The van der Waals surface area contributed by atoms with Gasteiger partial charge < -0.3 is 5.11 Å². The van der Waals surface area contributed by atoms with Gasteiger partial charge in [-0.2, -0.15) is 5.10 Å². The molecule has 3 rings (SSSR count). The van der Waals surface area contributed by atoms with Crippen LogP contribution in [0.2, 0.25) is 0 Å². The van der Waals surface area contributed by atoms with Gasteiger partial charge in [-0.25, -0.2) is 4.39 Å². The van der Waals surface area contributed by atoms with Crippen LogP contribution in [0.5, 0.6) is 0 Å². The molecule has 0 bridgehead atoms. The van der Waals surface area contributed by atoms with Crippen molar-refractivity contribution in [1.29, 1.82) is 0 Å². The van der Waals surface area contributed by atoms with Crippen molar-refractivity contribution in [2.75, 3.05) is 0 Å². The van der Waals surface area contributed by atoms with Crippen LogP contribution in [0, 0.1) is 5.82 Å². The van der Waals surface area contributed by atoms with Gasteiger partial charge >= 0.3 is 0 Å². The Morgan fingerprint density at radius 2 is 2.10 bits per heavy atom. The van der Waals surface area contributed by atoms with Crippen molar-refractivity contribution in [2.24, 2.45) is 0 Å². The van der Waals surface area contributed by atoms with E-state index >= 15 is 0 Å². The first-order valence-corrected chi connectivity index (χ1v) is 7.56. The van der Waals surface area contributed by atoms with Crippen LogP contribution in [-0.4, -0.2) is 19.9 Å². The SMILES string of the molecule is OC(Cc1ccn(C2CCCCC2)n1)c1ncccc1F. The molecule has 1 atom stereocenters. The largest absolute Gasteiger partial charge is 0.386 e. The molecule has 1 aliphatic carbocycles. The standard InChI is InChI=1S/C16H20FN3O/c17-14-7-4-9-18-16(14)15(21)11-12-8-10-20(19-12)13-5-2-1-3-6-13/h4,7-10,13,15,21H,1-3,5-6,11H2. The van der Waals surface area contributed by atoms with Gasteiger partial charge in [0.05, 0.1) is 11.7 Å². The molecule has 2 aromatic rings. The average molecular weight is 289 g/mol. The first-order valence-electron chi connectivity index (χ1n) is 7.56. The zero-order chi connectivity index (χ0) is 14.7. The molecule has 5 heteroatoms. The van der Waals surface area contributed by atoms with E-state index < -0.39 is 11.9 Å².